The van der Waals surface area contributed by atoms with Gasteiger partial charge < -0.3 is 30.0 Å². The maximum absolute atomic E-state index is 13.9. The number of aromatic nitrogens is 1. The van der Waals surface area contributed by atoms with E-state index >= 15 is 0 Å². The van der Waals surface area contributed by atoms with Gasteiger partial charge in [-0.05, 0) is 56.1 Å². The highest BCUT2D eigenvalue weighted by Crippen LogP contribution is 2.48. The second kappa shape index (κ2) is 13.7. The number of carbonyl (C=O) groups is 3. The molecular weight excluding hydrogens is 669 g/mol. The van der Waals surface area contributed by atoms with Gasteiger partial charge in [-0.3, -0.25) is 9.69 Å². The van der Waals surface area contributed by atoms with Crippen molar-refractivity contribution >= 4 is 40.5 Å². The summed E-state index contributed by atoms with van der Waals surface area (Å²) in [6.45, 7) is 9.69. The summed E-state index contributed by atoms with van der Waals surface area (Å²) in [6, 6.07) is 5.25. The molecule has 2 aliphatic carbocycles. The van der Waals surface area contributed by atoms with Crippen LogP contribution in [0.3, 0.4) is 0 Å². The first-order chi connectivity index (χ1) is 22.9. The molecule has 5 unspecified atom stereocenters. The molecule has 1 aromatic heterocycles. The van der Waals surface area contributed by atoms with Crippen LogP contribution in [0.2, 0.25) is 5.02 Å². The maximum atomic E-state index is 13.9. The summed E-state index contributed by atoms with van der Waals surface area (Å²) in [6.07, 6.45) is -5.76. The third kappa shape index (κ3) is 7.50. The number of fused-ring (bicyclic) bond motifs is 1. The van der Waals surface area contributed by atoms with E-state index in [2.05, 4.69) is 15.6 Å². The Bertz CT molecular complexity index is 1580. The van der Waals surface area contributed by atoms with Crippen molar-refractivity contribution in [3.8, 4) is 11.6 Å². The summed E-state index contributed by atoms with van der Waals surface area (Å²) in [5, 5.41) is 16.4. The van der Waals surface area contributed by atoms with Crippen LogP contribution in [0.15, 0.2) is 24.3 Å². The van der Waals surface area contributed by atoms with Gasteiger partial charge in [-0.15, -0.1) is 0 Å². The molecule has 0 radical (unpaired) electrons. The highest BCUT2D eigenvalue weighted by atomic mass is 35.5. The molecule has 5 atom stereocenters. The molecule has 1 aliphatic heterocycles. The van der Waals surface area contributed by atoms with Crippen LogP contribution in [0.25, 0.3) is 10.9 Å². The Morgan fingerprint density at radius 1 is 1.18 bits per heavy atom. The van der Waals surface area contributed by atoms with Crippen molar-refractivity contribution in [2.45, 2.75) is 109 Å². The molecule has 1 saturated heterocycles. The van der Waals surface area contributed by atoms with E-state index < -0.39 is 58.9 Å². The molecule has 15 heteroatoms. The van der Waals surface area contributed by atoms with Gasteiger partial charge in [-0.1, -0.05) is 51.8 Å². The number of carboxylic acids is 1. The zero-order valence-corrected chi connectivity index (χ0v) is 29.0. The van der Waals surface area contributed by atoms with Gasteiger partial charge in [0.1, 0.15) is 17.4 Å². The lowest BCUT2D eigenvalue weighted by Gasteiger charge is -2.43. The summed E-state index contributed by atoms with van der Waals surface area (Å²) in [5.74, 6) is -1.12. The molecule has 49 heavy (non-hydrogen) atoms. The lowest BCUT2D eigenvalue weighted by Crippen LogP contribution is -2.59. The Kier molecular flexibility index (Phi) is 10.2. The van der Waals surface area contributed by atoms with E-state index in [0.29, 0.717) is 53.4 Å². The summed E-state index contributed by atoms with van der Waals surface area (Å²) >= 11 is 6.45. The van der Waals surface area contributed by atoms with Gasteiger partial charge in [0.25, 0.3) is 0 Å². The number of alkyl halides is 3. The number of ether oxygens (including phenoxy) is 3. The molecule has 2 amide bonds. The van der Waals surface area contributed by atoms with E-state index in [1.165, 1.54) is 0 Å². The Labute approximate surface area is 288 Å². The van der Waals surface area contributed by atoms with E-state index in [0.717, 1.165) is 0 Å². The monoisotopic (exact) mass is 712 g/mol. The minimum Gasteiger partial charge on any atom is -0.488 e. The predicted octanol–water partition coefficient (Wildman–Crippen LogP) is 6.10. The van der Waals surface area contributed by atoms with Crippen molar-refractivity contribution in [3.05, 3.63) is 29.3 Å². The van der Waals surface area contributed by atoms with Crippen LogP contribution < -0.4 is 20.1 Å². The smallest absolute Gasteiger partial charge is 0.428 e. The number of aliphatic carboxylic acids is 1. The van der Waals surface area contributed by atoms with Crippen LogP contribution in [0.4, 0.5) is 18.0 Å². The van der Waals surface area contributed by atoms with Crippen LogP contribution in [-0.2, 0) is 14.3 Å². The van der Waals surface area contributed by atoms with Gasteiger partial charge in [0.15, 0.2) is 0 Å². The maximum Gasteiger partial charge on any atom is 0.428 e. The van der Waals surface area contributed by atoms with Gasteiger partial charge in [-0.25, -0.2) is 14.6 Å². The van der Waals surface area contributed by atoms with Crippen LogP contribution in [0.5, 0.6) is 11.6 Å². The number of likely N-dealkylation sites (tertiary alicyclic amines) is 1. The van der Waals surface area contributed by atoms with Gasteiger partial charge in [-0.2, -0.15) is 13.2 Å². The molecule has 2 saturated carbocycles. The molecule has 0 spiro atoms. The number of carbonyl (C=O) groups excluding carboxylic acids is 2. The van der Waals surface area contributed by atoms with Gasteiger partial charge in [0, 0.05) is 37.0 Å². The lowest BCUT2D eigenvalue weighted by atomic mass is 9.79. The Morgan fingerprint density at radius 3 is 2.45 bits per heavy atom. The average molecular weight is 713 g/mol. The standard InChI is InChI=1S/C34H44ClF3N4O7/c1-6-19-16-33(19,29(44)45)41-28(43)23-14-20(48-24-15-26(47-7-2)40-27-21(24)10-8-11-22(27)35)17-42(23)18-25(31(3,4)5)39-30(46)49-32(12-9-13-32)34(36,37)38/h8,10-11,15,19-20,23,25H,6-7,9,12-14,16-18H2,1-5H3,(H,39,46)(H,41,43)(H,44,45). The third-order valence-electron chi connectivity index (χ3n) is 10.0. The summed E-state index contributed by atoms with van der Waals surface area (Å²) in [7, 11) is 0. The average Bonchev–Trinajstić information content (AvgIpc) is 3.56. The number of rotatable bonds is 12. The zero-order valence-electron chi connectivity index (χ0n) is 28.3. The molecular formula is C34H44ClF3N4O7. The number of nitrogens with zero attached hydrogens (tertiary/aromatic N) is 2. The molecule has 5 rings (SSSR count). The van der Waals surface area contributed by atoms with Gasteiger partial charge in [0.2, 0.25) is 17.4 Å². The molecule has 3 fully saturated rings. The summed E-state index contributed by atoms with van der Waals surface area (Å²) in [5.41, 5.74) is -4.10. The first-order valence-electron chi connectivity index (χ1n) is 16.7. The normalized spacial score (nSPS) is 25.6. The zero-order chi connectivity index (χ0) is 35.9. The second-order valence-corrected chi connectivity index (χ2v) is 14.8. The predicted molar refractivity (Wildman–Crippen MR) is 175 cm³/mol. The number of alkyl carbamates (subject to hydrolysis) is 1. The number of para-hydroxylation sites is 1. The number of hydrogen-bond acceptors (Lipinski definition) is 8. The third-order valence-corrected chi connectivity index (χ3v) is 10.3. The highest BCUT2D eigenvalue weighted by Gasteiger charge is 2.63. The van der Waals surface area contributed by atoms with Crippen LogP contribution in [0, 0.1) is 11.3 Å². The molecule has 2 aromatic rings. The molecule has 3 N–H and O–H groups in total. The number of carboxylic acid groups (broad SMARTS) is 1. The number of hydrogen-bond donors (Lipinski definition) is 3. The quantitative estimate of drug-likeness (QED) is 0.238. The van der Waals surface area contributed by atoms with E-state index in [9.17, 15) is 32.7 Å². The number of nitrogens with one attached hydrogen (secondary N) is 2. The summed E-state index contributed by atoms with van der Waals surface area (Å²) in [4.78, 5) is 45.4. The van der Waals surface area contributed by atoms with E-state index in [1.54, 1.807) is 29.2 Å². The first kappa shape index (κ1) is 36.8. The van der Waals surface area contributed by atoms with Gasteiger partial charge in [0.05, 0.1) is 23.2 Å². The van der Waals surface area contributed by atoms with Crippen molar-refractivity contribution in [1.29, 1.82) is 0 Å². The van der Waals surface area contributed by atoms with Crippen LogP contribution in [0.1, 0.15) is 73.1 Å². The molecule has 3 aliphatic rings. The Balaban J connectivity index is 1.41. The Hall–Kier alpha value is -3.52. The number of pyridine rings is 1. The van der Waals surface area contributed by atoms with Crippen LogP contribution in [-0.4, -0.2) is 88.2 Å². The fourth-order valence-electron chi connectivity index (χ4n) is 6.74. The van der Waals surface area contributed by atoms with Crippen molar-refractivity contribution in [2.75, 3.05) is 19.7 Å². The van der Waals surface area contributed by atoms with Crippen molar-refractivity contribution < 1.29 is 46.9 Å². The minimum atomic E-state index is -4.70. The van der Waals surface area contributed by atoms with Crippen molar-refractivity contribution in [2.24, 2.45) is 11.3 Å². The lowest BCUT2D eigenvalue weighted by molar-refractivity contribution is -0.284. The van der Waals surface area contributed by atoms with E-state index in [4.69, 9.17) is 25.8 Å². The minimum absolute atomic E-state index is 0.0416. The van der Waals surface area contributed by atoms with Crippen molar-refractivity contribution in [3.63, 3.8) is 0 Å². The SMILES string of the molecule is CCOc1cc(OC2CC(C(=O)NC3(C(=O)O)CC3CC)N(CC(NC(=O)OC3(C(F)(F)F)CCC3)C(C)(C)C)C2)c2cccc(Cl)c2n1. The second-order valence-electron chi connectivity index (χ2n) is 14.3. The molecule has 2 heterocycles. The summed E-state index contributed by atoms with van der Waals surface area (Å²) < 4.78 is 58.5. The molecule has 1 aromatic carbocycles. The number of amides is 2. The Morgan fingerprint density at radius 2 is 1.90 bits per heavy atom. The fraction of sp³-hybridized carbons (Fsp3) is 0.647. The van der Waals surface area contributed by atoms with Crippen molar-refractivity contribution in [1.82, 2.24) is 20.5 Å². The number of halogens is 4. The fourth-order valence-corrected chi connectivity index (χ4v) is 6.95. The van der Waals surface area contributed by atoms with Gasteiger partial charge >= 0.3 is 18.2 Å². The van der Waals surface area contributed by atoms with Crippen LogP contribution >= 0.6 is 11.6 Å². The topological polar surface area (TPSA) is 139 Å². The van der Waals surface area contributed by atoms with E-state index in [-0.39, 0.29) is 38.3 Å². The molecule has 11 nitrogen and oxygen atoms in total. The highest BCUT2D eigenvalue weighted by molar-refractivity contribution is 6.35. The number of benzene rings is 1. The largest absolute Gasteiger partial charge is 0.488 e. The molecule has 270 valence electrons. The molecule has 0 bridgehead atoms. The first-order valence-corrected chi connectivity index (χ1v) is 17.0. The van der Waals surface area contributed by atoms with E-state index in [1.807, 2.05) is 34.6 Å².